The van der Waals surface area contributed by atoms with E-state index in [1.807, 2.05) is 0 Å². The first-order valence-corrected chi connectivity index (χ1v) is 10.9. The van der Waals surface area contributed by atoms with Crippen LogP contribution in [0.1, 0.15) is 55.2 Å². The van der Waals surface area contributed by atoms with Gasteiger partial charge in [-0.25, -0.2) is 4.79 Å². The highest BCUT2D eigenvalue weighted by Gasteiger charge is 2.29. The molecule has 5 rings (SSSR count). The molecular weight excluding hydrogens is 436 g/mol. The fourth-order valence-corrected chi connectivity index (χ4v) is 4.13. The molecule has 0 bridgehead atoms. The van der Waals surface area contributed by atoms with Crippen molar-refractivity contribution >= 4 is 34.9 Å². The van der Waals surface area contributed by atoms with Crippen LogP contribution in [-0.4, -0.2) is 53.3 Å². The van der Waals surface area contributed by atoms with Crippen LogP contribution in [0.3, 0.4) is 0 Å². The lowest BCUT2D eigenvalue weighted by Crippen LogP contribution is -2.24. The van der Waals surface area contributed by atoms with E-state index in [-0.39, 0.29) is 28.4 Å². The number of amides is 1. The lowest BCUT2D eigenvalue weighted by molar-refractivity contribution is -0.119. The van der Waals surface area contributed by atoms with E-state index in [2.05, 4.69) is 20.4 Å². The first kappa shape index (κ1) is 21.4. The van der Waals surface area contributed by atoms with Crippen molar-refractivity contribution in [3.63, 3.8) is 0 Å². The van der Waals surface area contributed by atoms with Crippen molar-refractivity contribution in [1.82, 2.24) is 10.2 Å². The smallest absolute Gasteiger partial charge is 0.359 e. The summed E-state index contributed by atoms with van der Waals surface area (Å²) in [7, 11) is 0. The fourth-order valence-electron chi connectivity index (χ4n) is 4.13. The number of benzene rings is 2. The predicted octanol–water partition coefficient (Wildman–Crippen LogP) is 2.65. The van der Waals surface area contributed by atoms with Crippen molar-refractivity contribution in [3.05, 3.63) is 82.5 Å². The molecule has 1 amide bonds. The van der Waals surface area contributed by atoms with Crippen molar-refractivity contribution in [3.8, 4) is 0 Å². The maximum Gasteiger partial charge on any atom is 0.359 e. The maximum atomic E-state index is 12.8. The van der Waals surface area contributed by atoms with Crippen LogP contribution in [0.15, 0.2) is 54.6 Å². The fraction of sp³-hybridized carbons (Fsp3) is 0.200. The normalized spacial score (nSPS) is 14.4. The van der Waals surface area contributed by atoms with E-state index in [0.717, 1.165) is 25.9 Å². The highest BCUT2D eigenvalue weighted by Crippen LogP contribution is 2.29. The molecule has 9 nitrogen and oxygen atoms in total. The predicted molar refractivity (Wildman–Crippen MR) is 122 cm³/mol. The summed E-state index contributed by atoms with van der Waals surface area (Å²) in [6, 6.07) is 14.3. The van der Waals surface area contributed by atoms with Crippen molar-refractivity contribution in [1.29, 1.82) is 0 Å². The number of carbonyl (C=O) groups is 4. The van der Waals surface area contributed by atoms with Crippen molar-refractivity contribution in [2.45, 2.75) is 12.8 Å². The summed E-state index contributed by atoms with van der Waals surface area (Å²) in [6.07, 6.45) is 2.20. The molecule has 0 radical (unpaired) electrons. The third-order valence-corrected chi connectivity index (χ3v) is 5.83. The molecule has 2 aromatic carbocycles. The highest BCUT2D eigenvalue weighted by molar-refractivity contribution is 6.28. The van der Waals surface area contributed by atoms with E-state index in [1.165, 1.54) is 24.3 Å². The van der Waals surface area contributed by atoms with Gasteiger partial charge in [-0.05, 0) is 43.2 Å². The molecule has 1 N–H and O–H groups in total. The third-order valence-electron chi connectivity index (χ3n) is 5.83. The first-order valence-electron chi connectivity index (χ1n) is 10.9. The average Bonchev–Trinajstić information content (AvgIpc) is 3.41. The standard InChI is InChI=1S/C25H20N4O5/c30-22(14-34-25(33)20-9-10-21(28-27-20)29-11-3-4-12-29)26-15-7-8-18-19(13-15)24(32)17-6-2-1-5-16(17)23(18)31/h1-2,5-10,13H,3-4,11-12,14H2,(H,26,30). The van der Waals surface area contributed by atoms with E-state index in [1.54, 1.807) is 30.3 Å². The minimum absolute atomic E-state index is 0.00676. The van der Waals surface area contributed by atoms with Crippen LogP contribution in [0.25, 0.3) is 0 Å². The Labute approximate surface area is 194 Å². The topological polar surface area (TPSA) is 119 Å². The molecule has 0 unspecified atom stereocenters. The van der Waals surface area contributed by atoms with Crippen LogP contribution < -0.4 is 10.2 Å². The molecule has 170 valence electrons. The molecule has 1 fully saturated rings. The Morgan fingerprint density at radius 3 is 2.21 bits per heavy atom. The second-order valence-electron chi connectivity index (χ2n) is 8.06. The summed E-state index contributed by atoms with van der Waals surface area (Å²) in [5, 5.41) is 10.5. The number of ketones is 2. The summed E-state index contributed by atoms with van der Waals surface area (Å²) in [5.74, 6) is -1.18. The summed E-state index contributed by atoms with van der Waals surface area (Å²) in [6.45, 7) is 1.28. The van der Waals surface area contributed by atoms with Gasteiger partial charge in [-0.15, -0.1) is 10.2 Å². The zero-order valence-electron chi connectivity index (χ0n) is 18.1. The minimum Gasteiger partial charge on any atom is -0.451 e. The van der Waals surface area contributed by atoms with E-state index >= 15 is 0 Å². The summed E-state index contributed by atoms with van der Waals surface area (Å²) in [4.78, 5) is 52.1. The second kappa shape index (κ2) is 8.86. The Balaban J connectivity index is 1.21. The summed E-state index contributed by atoms with van der Waals surface area (Å²) >= 11 is 0. The van der Waals surface area contributed by atoms with Crippen LogP contribution in [0, 0.1) is 0 Å². The number of anilines is 2. The first-order chi connectivity index (χ1) is 16.5. The van der Waals surface area contributed by atoms with Gasteiger partial charge >= 0.3 is 5.97 Å². The van der Waals surface area contributed by atoms with Crippen LogP contribution in [-0.2, 0) is 9.53 Å². The zero-order valence-corrected chi connectivity index (χ0v) is 18.1. The lowest BCUT2D eigenvalue weighted by Gasteiger charge is -2.18. The van der Waals surface area contributed by atoms with Gasteiger partial charge in [0, 0.05) is 41.0 Å². The molecule has 9 heteroatoms. The molecule has 34 heavy (non-hydrogen) atoms. The number of hydrogen-bond acceptors (Lipinski definition) is 8. The van der Waals surface area contributed by atoms with Crippen LogP contribution in [0.5, 0.6) is 0 Å². The largest absolute Gasteiger partial charge is 0.451 e. The Hall–Kier alpha value is -4.40. The van der Waals surface area contributed by atoms with E-state index in [4.69, 9.17) is 4.74 Å². The molecule has 2 heterocycles. The summed E-state index contributed by atoms with van der Waals surface area (Å²) in [5.41, 5.74) is 1.51. The number of nitrogens with one attached hydrogen (secondary N) is 1. The van der Waals surface area contributed by atoms with Gasteiger partial charge in [0.25, 0.3) is 5.91 Å². The molecule has 1 aliphatic heterocycles. The summed E-state index contributed by atoms with van der Waals surface area (Å²) < 4.78 is 5.04. The van der Waals surface area contributed by atoms with Crippen LogP contribution in [0.2, 0.25) is 0 Å². The Morgan fingerprint density at radius 1 is 0.853 bits per heavy atom. The minimum atomic E-state index is -0.765. The number of rotatable bonds is 5. The molecule has 3 aromatic rings. The monoisotopic (exact) mass is 456 g/mol. The number of carbonyl (C=O) groups excluding carboxylic acids is 4. The van der Waals surface area contributed by atoms with Crippen LogP contribution >= 0.6 is 0 Å². The quantitative estimate of drug-likeness (QED) is 0.456. The number of ether oxygens (including phenoxy) is 1. The molecule has 2 aliphatic rings. The number of fused-ring (bicyclic) bond motifs is 2. The maximum absolute atomic E-state index is 12.8. The Morgan fingerprint density at radius 2 is 1.53 bits per heavy atom. The van der Waals surface area contributed by atoms with Gasteiger partial charge in [-0.1, -0.05) is 24.3 Å². The Kier molecular flexibility index (Phi) is 5.59. The zero-order chi connectivity index (χ0) is 23.7. The number of aromatic nitrogens is 2. The van der Waals surface area contributed by atoms with E-state index < -0.39 is 18.5 Å². The third kappa shape index (κ3) is 4.03. The van der Waals surface area contributed by atoms with Gasteiger partial charge in [0.2, 0.25) is 0 Å². The van der Waals surface area contributed by atoms with Crippen molar-refractivity contribution in [2.75, 3.05) is 29.9 Å². The van der Waals surface area contributed by atoms with Gasteiger partial charge in [-0.2, -0.15) is 0 Å². The number of esters is 1. The van der Waals surface area contributed by atoms with Gasteiger partial charge in [-0.3, -0.25) is 14.4 Å². The van der Waals surface area contributed by atoms with E-state index in [0.29, 0.717) is 22.6 Å². The molecule has 0 atom stereocenters. The van der Waals surface area contributed by atoms with Crippen LogP contribution in [0.4, 0.5) is 11.5 Å². The van der Waals surface area contributed by atoms with E-state index in [9.17, 15) is 19.2 Å². The number of hydrogen-bond donors (Lipinski definition) is 1. The SMILES string of the molecule is O=C(COC(=O)c1ccc(N2CCCC2)nn1)Nc1ccc2c(c1)C(=O)c1ccccc1C2=O. The molecule has 1 saturated heterocycles. The lowest BCUT2D eigenvalue weighted by atomic mass is 9.84. The van der Waals surface area contributed by atoms with Gasteiger partial charge in [0.15, 0.2) is 29.7 Å². The van der Waals surface area contributed by atoms with Crippen molar-refractivity contribution in [2.24, 2.45) is 0 Å². The molecule has 0 spiro atoms. The second-order valence-corrected chi connectivity index (χ2v) is 8.06. The van der Waals surface area contributed by atoms with Gasteiger partial charge in [0.1, 0.15) is 0 Å². The molecular formula is C25H20N4O5. The van der Waals surface area contributed by atoms with Crippen molar-refractivity contribution < 1.29 is 23.9 Å². The molecule has 0 saturated carbocycles. The Bertz CT molecular complexity index is 1310. The molecule has 1 aliphatic carbocycles. The number of nitrogens with zero attached hydrogens (tertiary/aromatic N) is 3. The van der Waals surface area contributed by atoms with Gasteiger partial charge in [0.05, 0.1) is 0 Å². The van der Waals surface area contributed by atoms with Gasteiger partial charge < -0.3 is 15.0 Å². The average molecular weight is 456 g/mol. The molecule has 1 aromatic heterocycles. The highest BCUT2D eigenvalue weighted by atomic mass is 16.5.